The molecule has 0 heterocycles. The fraction of sp³-hybridized carbons (Fsp3) is 0.188. The Kier molecular flexibility index (Phi) is 4.60. The molecule has 1 amide bonds. The largest absolute Gasteiger partial charge is 0.490 e. The lowest BCUT2D eigenvalue weighted by atomic mass is 10.2. The van der Waals surface area contributed by atoms with Gasteiger partial charge in [0.15, 0.2) is 11.5 Å². The standard InChI is InChI=1S/C16H17NO3/c1-2-19-14-9-8-13(16(17)18)10-15(14)20-11-12-6-4-3-5-7-12/h3-10H,2,11H2,1H3,(H2,17,18). The highest BCUT2D eigenvalue weighted by Crippen LogP contribution is 2.29. The Hall–Kier alpha value is -2.49. The Labute approximate surface area is 118 Å². The van der Waals surface area contributed by atoms with Gasteiger partial charge in [0, 0.05) is 5.56 Å². The molecule has 0 bridgehead atoms. The van der Waals surface area contributed by atoms with Crippen LogP contribution >= 0.6 is 0 Å². The SMILES string of the molecule is CCOc1ccc(C(N)=O)cc1OCc1ccccc1. The molecule has 2 N–H and O–H groups in total. The molecule has 0 saturated carbocycles. The molecule has 2 aromatic rings. The summed E-state index contributed by atoms with van der Waals surface area (Å²) in [6, 6.07) is 14.7. The number of carbonyl (C=O) groups excluding carboxylic acids is 1. The fourth-order valence-corrected chi connectivity index (χ4v) is 1.78. The minimum absolute atomic E-state index is 0.400. The van der Waals surface area contributed by atoms with Gasteiger partial charge in [-0.25, -0.2) is 0 Å². The zero-order valence-corrected chi connectivity index (χ0v) is 11.3. The monoisotopic (exact) mass is 271 g/mol. The number of nitrogens with two attached hydrogens (primary N) is 1. The van der Waals surface area contributed by atoms with Gasteiger partial charge in [-0.15, -0.1) is 0 Å². The van der Waals surface area contributed by atoms with Crippen LogP contribution in [0, 0.1) is 0 Å². The van der Waals surface area contributed by atoms with Crippen molar-refractivity contribution in [3.63, 3.8) is 0 Å². The summed E-state index contributed by atoms with van der Waals surface area (Å²) < 4.78 is 11.2. The van der Waals surface area contributed by atoms with Gasteiger partial charge in [0.2, 0.25) is 5.91 Å². The molecular weight excluding hydrogens is 254 g/mol. The van der Waals surface area contributed by atoms with E-state index in [9.17, 15) is 4.79 Å². The normalized spacial score (nSPS) is 10.1. The molecule has 4 heteroatoms. The average Bonchev–Trinajstić information content (AvgIpc) is 2.47. The van der Waals surface area contributed by atoms with Crippen LogP contribution in [-0.2, 0) is 6.61 Å². The zero-order valence-electron chi connectivity index (χ0n) is 11.3. The van der Waals surface area contributed by atoms with E-state index in [0.29, 0.717) is 30.3 Å². The molecule has 0 spiro atoms. The molecule has 0 aliphatic heterocycles. The Bertz CT molecular complexity index is 582. The maximum absolute atomic E-state index is 11.2. The minimum atomic E-state index is -0.488. The number of carbonyl (C=O) groups is 1. The first-order valence-corrected chi connectivity index (χ1v) is 6.44. The summed E-state index contributed by atoms with van der Waals surface area (Å²) >= 11 is 0. The maximum Gasteiger partial charge on any atom is 0.248 e. The van der Waals surface area contributed by atoms with Gasteiger partial charge in [0.25, 0.3) is 0 Å². The summed E-state index contributed by atoms with van der Waals surface area (Å²) in [4.78, 5) is 11.2. The number of hydrogen-bond acceptors (Lipinski definition) is 3. The van der Waals surface area contributed by atoms with Crippen LogP contribution in [-0.4, -0.2) is 12.5 Å². The van der Waals surface area contributed by atoms with E-state index in [-0.39, 0.29) is 0 Å². The zero-order chi connectivity index (χ0) is 14.4. The van der Waals surface area contributed by atoms with Gasteiger partial charge in [-0.1, -0.05) is 30.3 Å². The average molecular weight is 271 g/mol. The van der Waals surface area contributed by atoms with Crippen molar-refractivity contribution in [2.24, 2.45) is 5.73 Å². The van der Waals surface area contributed by atoms with Gasteiger partial charge >= 0.3 is 0 Å². The highest BCUT2D eigenvalue weighted by atomic mass is 16.5. The predicted molar refractivity (Wildman–Crippen MR) is 76.9 cm³/mol. The molecule has 4 nitrogen and oxygen atoms in total. The molecule has 0 atom stereocenters. The topological polar surface area (TPSA) is 61.5 Å². The van der Waals surface area contributed by atoms with Crippen LogP contribution in [0.2, 0.25) is 0 Å². The Morgan fingerprint density at radius 1 is 1.05 bits per heavy atom. The molecule has 0 unspecified atom stereocenters. The van der Waals surface area contributed by atoms with Crippen molar-refractivity contribution in [3.05, 3.63) is 59.7 Å². The first-order valence-electron chi connectivity index (χ1n) is 6.44. The van der Waals surface area contributed by atoms with E-state index in [2.05, 4.69) is 0 Å². The van der Waals surface area contributed by atoms with Gasteiger partial charge in [-0.05, 0) is 30.7 Å². The molecular formula is C16H17NO3. The summed E-state index contributed by atoms with van der Waals surface area (Å²) in [5.41, 5.74) is 6.72. The Morgan fingerprint density at radius 2 is 1.80 bits per heavy atom. The van der Waals surface area contributed by atoms with Gasteiger partial charge in [0.1, 0.15) is 6.61 Å². The molecule has 0 saturated heterocycles. The second-order valence-corrected chi connectivity index (χ2v) is 4.23. The number of primary amides is 1. The third kappa shape index (κ3) is 3.51. The van der Waals surface area contributed by atoms with Gasteiger partial charge in [-0.2, -0.15) is 0 Å². The Balaban J connectivity index is 2.19. The predicted octanol–water partition coefficient (Wildman–Crippen LogP) is 2.76. The lowest BCUT2D eigenvalue weighted by Crippen LogP contribution is -2.11. The molecule has 20 heavy (non-hydrogen) atoms. The minimum Gasteiger partial charge on any atom is -0.490 e. The number of benzene rings is 2. The van der Waals surface area contributed by atoms with E-state index in [1.807, 2.05) is 37.3 Å². The van der Waals surface area contributed by atoms with Gasteiger partial charge in [-0.3, -0.25) is 4.79 Å². The highest BCUT2D eigenvalue weighted by molar-refractivity contribution is 5.93. The summed E-state index contributed by atoms with van der Waals surface area (Å²) in [6.07, 6.45) is 0. The van der Waals surface area contributed by atoms with Crippen LogP contribution in [0.4, 0.5) is 0 Å². The van der Waals surface area contributed by atoms with E-state index < -0.39 is 5.91 Å². The first kappa shape index (κ1) is 13.9. The van der Waals surface area contributed by atoms with E-state index in [4.69, 9.17) is 15.2 Å². The lowest BCUT2D eigenvalue weighted by molar-refractivity contribution is 0.0999. The van der Waals surface area contributed by atoms with Crippen molar-refractivity contribution in [2.45, 2.75) is 13.5 Å². The van der Waals surface area contributed by atoms with Crippen LogP contribution in [0.25, 0.3) is 0 Å². The molecule has 0 aromatic heterocycles. The highest BCUT2D eigenvalue weighted by Gasteiger charge is 2.09. The summed E-state index contributed by atoms with van der Waals surface area (Å²) in [5.74, 6) is 0.637. The molecule has 104 valence electrons. The summed E-state index contributed by atoms with van der Waals surface area (Å²) in [5, 5.41) is 0. The third-order valence-corrected chi connectivity index (χ3v) is 2.77. The van der Waals surface area contributed by atoms with Crippen molar-refractivity contribution in [1.82, 2.24) is 0 Å². The third-order valence-electron chi connectivity index (χ3n) is 2.77. The fourth-order valence-electron chi connectivity index (χ4n) is 1.78. The van der Waals surface area contributed by atoms with Crippen LogP contribution in [0.5, 0.6) is 11.5 Å². The summed E-state index contributed by atoms with van der Waals surface area (Å²) in [6.45, 7) is 2.82. The quantitative estimate of drug-likeness (QED) is 0.878. The lowest BCUT2D eigenvalue weighted by Gasteiger charge is -2.12. The molecule has 2 aromatic carbocycles. The van der Waals surface area contributed by atoms with Crippen molar-refractivity contribution in [1.29, 1.82) is 0 Å². The molecule has 0 radical (unpaired) electrons. The molecule has 0 fully saturated rings. The van der Waals surface area contributed by atoms with E-state index in [1.165, 1.54) is 0 Å². The van der Waals surface area contributed by atoms with Gasteiger partial charge in [0.05, 0.1) is 6.61 Å². The molecule has 0 aliphatic rings. The second kappa shape index (κ2) is 6.61. The van der Waals surface area contributed by atoms with E-state index >= 15 is 0 Å². The van der Waals surface area contributed by atoms with Crippen molar-refractivity contribution >= 4 is 5.91 Å². The van der Waals surface area contributed by atoms with E-state index in [1.54, 1.807) is 18.2 Å². The number of rotatable bonds is 6. The van der Waals surface area contributed by atoms with Crippen LogP contribution in [0.1, 0.15) is 22.8 Å². The van der Waals surface area contributed by atoms with Crippen molar-refractivity contribution in [2.75, 3.05) is 6.61 Å². The van der Waals surface area contributed by atoms with Crippen LogP contribution < -0.4 is 15.2 Å². The number of hydrogen-bond donors (Lipinski definition) is 1. The van der Waals surface area contributed by atoms with E-state index in [0.717, 1.165) is 5.56 Å². The maximum atomic E-state index is 11.2. The second-order valence-electron chi connectivity index (χ2n) is 4.23. The molecule has 2 rings (SSSR count). The summed E-state index contributed by atoms with van der Waals surface area (Å²) in [7, 11) is 0. The van der Waals surface area contributed by atoms with Gasteiger partial charge < -0.3 is 15.2 Å². The smallest absolute Gasteiger partial charge is 0.248 e. The van der Waals surface area contributed by atoms with Crippen LogP contribution in [0.3, 0.4) is 0 Å². The molecule has 0 aliphatic carbocycles. The number of ether oxygens (including phenoxy) is 2. The van der Waals surface area contributed by atoms with Crippen molar-refractivity contribution in [3.8, 4) is 11.5 Å². The Morgan fingerprint density at radius 3 is 2.45 bits per heavy atom. The van der Waals surface area contributed by atoms with Crippen molar-refractivity contribution < 1.29 is 14.3 Å². The van der Waals surface area contributed by atoms with Crippen LogP contribution in [0.15, 0.2) is 48.5 Å². The number of amides is 1. The first-order chi connectivity index (χ1) is 9.70.